The molecule has 0 spiro atoms. The second-order valence-corrected chi connectivity index (χ2v) is 2.45. The summed E-state index contributed by atoms with van der Waals surface area (Å²) in [5.74, 6) is 0. The van der Waals surface area contributed by atoms with E-state index in [9.17, 15) is 4.57 Å². The average molecular weight is 123 g/mol. The van der Waals surface area contributed by atoms with E-state index >= 15 is 0 Å². The van der Waals surface area contributed by atoms with Crippen LogP contribution in [-0.2, 0) is 4.57 Å². The summed E-state index contributed by atoms with van der Waals surface area (Å²) >= 11 is 0. The lowest BCUT2D eigenvalue weighted by Gasteiger charge is -1.85. The van der Waals surface area contributed by atoms with Crippen molar-refractivity contribution in [3.8, 4) is 0 Å². The lowest BCUT2D eigenvalue weighted by Crippen LogP contribution is -2.01. The van der Waals surface area contributed by atoms with Crippen LogP contribution in [0.15, 0.2) is 0 Å². The van der Waals surface area contributed by atoms with E-state index < -0.39 is 14.1 Å². The maximum absolute atomic E-state index is 9.80. The molecule has 2 atom stereocenters. The summed E-state index contributed by atoms with van der Waals surface area (Å²) in [6, 6.07) is 0. The molecule has 0 aromatic carbocycles. The third kappa shape index (κ3) is 6.02. The van der Waals surface area contributed by atoms with E-state index in [1.807, 2.05) is 0 Å². The predicted octanol–water partition coefficient (Wildman–Crippen LogP) is 0.102. The molecule has 0 fully saturated rings. The molecule has 0 aliphatic heterocycles. The molecule has 3 nitrogen and oxygen atoms in total. The molecular formula is C3H8O3P+. The summed E-state index contributed by atoms with van der Waals surface area (Å²) in [6.07, 6.45) is -0.677. The first-order valence-corrected chi connectivity index (χ1v) is 3.34. The third-order valence-corrected chi connectivity index (χ3v) is 1.26. The molecule has 2 N–H and O–H groups in total. The fourth-order valence-corrected chi connectivity index (χ4v) is 0.678. The van der Waals surface area contributed by atoms with Gasteiger partial charge in [0.25, 0.3) is 0 Å². The van der Waals surface area contributed by atoms with Gasteiger partial charge in [0.2, 0.25) is 6.16 Å². The average Bonchev–Trinajstić information content (AvgIpc) is 1.27. The Morgan fingerprint density at radius 2 is 2.29 bits per heavy atom. The van der Waals surface area contributed by atoms with Crippen LogP contribution in [0.1, 0.15) is 6.92 Å². The van der Waals surface area contributed by atoms with E-state index in [0.717, 1.165) is 0 Å². The lowest BCUT2D eigenvalue weighted by molar-refractivity contribution is 0.216. The molecule has 0 amide bonds. The minimum Gasteiger partial charge on any atom is -0.389 e. The summed E-state index contributed by atoms with van der Waals surface area (Å²) in [5.41, 5.74) is 0. The molecule has 4 heteroatoms. The largest absolute Gasteiger partial charge is 0.508 e. The van der Waals surface area contributed by atoms with Crippen molar-refractivity contribution in [1.29, 1.82) is 0 Å². The van der Waals surface area contributed by atoms with Gasteiger partial charge in [0.05, 0.1) is 6.10 Å². The van der Waals surface area contributed by atoms with Crippen LogP contribution in [0, 0.1) is 0 Å². The molecule has 0 rings (SSSR count). The number of rotatable bonds is 2. The third-order valence-electron chi connectivity index (χ3n) is 0.420. The predicted molar refractivity (Wildman–Crippen MR) is 26.4 cm³/mol. The smallest absolute Gasteiger partial charge is 0.389 e. The fourth-order valence-electron chi connectivity index (χ4n) is 0.226. The molecule has 2 unspecified atom stereocenters. The van der Waals surface area contributed by atoms with Crippen molar-refractivity contribution in [2.45, 2.75) is 13.0 Å². The van der Waals surface area contributed by atoms with Crippen molar-refractivity contribution in [2.24, 2.45) is 0 Å². The van der Waals surface area contributed by atoms with Crippen LogP contribution in [0.4, 0.5) is 0 Å². The number of aliphatic hydroxyl groups excluding tert-OH is 1. The van der Waals surface area contributed by atoms with Crippen molar-refractivity contribution in [3.05, 3.63) is 0 Å². The maximum Gasteiger partial charge on any atom is 0.508 e. The Bertz CT molecular complexity index is 70.6. The zero-order valence-electron chi connectivity index (χ0n) is 4.03. The van der Waals surface area contributed by atoms with Crippen molar-refractivity contribution >= 4 is 8.03 Å². The Labute approximate surface area is 42.8 Å². The van der Waals surface area contributed by atoms with Gasteiger partial charge >= 0.3 is 8.03 Å². The van der Waals surface area contributed by atoms with E-state index in [2.05, 4.69) is 0 Å². The number of hydrogen-bond donors (Lipinski definition) is 2. The highest BCUT2D eigenvalue weighted by Gasteiger charge is 2.12. The second-order valence-electron chi connectivity index (χ2n) is 1.38. The molecule has 42 valence electrons. The van der Waals surface area contributed by atoms with E-state index in [0.29, 0.717) is 0 Å². The summed E-state index contributed by atoms with van der Waals surface area (Å²) in [5, 5.41) is 8.38. The van der Waals surface area contributed by atoms with Gasteiger partial charge < -0.3 is 5.11 Å². The Balaban J connectivity index is 3.13. The second kappa shape index (κ2) is 3.08. The van der Waals surface area contributed by atoms with Crippen molar-refractivity contribution in [1.82, 2.24) is 0 Å². The van der Waals surface area contributed by atoms with Gasteiger partial charge in [0, 0.05) is 0 Å². The molecule has 0 aromatic rings. The molecule has 0 saturated carbocycles. The zero-order chi connectivity index (χ0) is 5.86. The van der Waals surface area contributed by atoms with E-state index in [1.54, 1.807) is 0 Å². The van der Waals surface area contributed by atoms with Gasteiger partial charge in [0.15, 0.2) is 0 Å². The maximum atomic E-state index is 9.80. The van der Waals surface area contributed by atoms with Gasteiger partial charge in [-0.1, -0.05) is 0 Å². The monoisotopic (exact) mass is 123 g/mol. The number of aliphatic hydroxyl groups is 1. The molecule has 0 saturated heterocycles. The van der Waals surface area contributed by atoms with Crippen molar-refractivity contribution in [2.75, 3.05) is 6.16 Å². The van der Waals surface area contributed by atoms with Gasteiger partial charge in [-0.3, -0.25) is 0 Å². The van der Waals surface area contributed by atoms with Crippen molar-refractivity contribution in [3.63, 3.8) is 0 Å². The molecule has 0 aliphatic rings. The Kier molecular flexibility index (Phi) is 3.09. The van der Waals surface area contributed by atoms with Crippen LogP contribution in [0.2, 0.25) is 0 Å². The molecule has 0 bridgehead atoms. The fraction of sp³-hybridized carbons (Fsp3) is 1.00. The minimum atomic E-state index is -2.14. The van der Waals surface area contributed by atoms with Crippen LogP contribution in [0.25, 0.3) is 0 Å². The van der Waals surface area contributed by atoms with Crippen LogP contribution < -0.4 is 0 Å². The molecule has 7 heavy (non-hydrogen) atoms. The topological polar surface area (TPSA) is 57.5 Å². The standard InChI is InChI=1S/C3H7O3P/c1-3(4)2-7(5)6/h3-4H,2H2,1H3/p+1. The Morgan fingerprint density at radius 1 is 1.86 bits per heavy atom. The van der Waals surface area contributed by atoms with Gasteiger partial charge in [-0.15, -0.1) is 0 Å². The van der Waals surface area contributed by atoms with Gasteiger partial charge in [-0.25, -0.2) is 0 Å². The summed E-state index contributed by atoms with van der Waals surface area (Å²) < 4.78 is 9.80. The normalized spacial score (nSPS) is 16.1. The molecular weight excluding hydrogens is 115 g/mol. The lowest BCUT2D eigenvalue weighted by atomic mass is 10.5. The summed E-state index contributed by atoms with van der Waals surface area (Å²) in [7, 11) is -2.14. The highest BCUT2D eigenvalue weighted by Crippen LogP contribution is 2.12. The van der Waals surface area contributed by atoms with Gasteiger partial charge in [-0.2, -0.15) is 4.89 Å². The SMILES string of the molecule is CC(O)C[P+](=O)O. The van der Waals surface area contributed by atoms with E-state index in [1.165, 1.54) is 6.92 Å². The minimum absolute atomic E-state index is 0.0185. The molecule has 0 aliphatic carbocycles. The summed E-state index contributed by atoms with van der Waals surface area (Å²) in [6.45, 7) is 1.48. The Morgan fingerprint density at radius 3 is 2.29 bits per heavy atom. The molecule has 0 radical (unpaired) electrons. The van der Waals surface area contributed by atoms with Gasteiger partial charge in [0.1, 0.15) is 0 Å². The Hall–Kier alpha value is 0.0200. The first kappa shape index (κ1) is 7.02. The summed E-state index contributed by atoms with van der Waals surface area (Å²) in [4.78, 5) is 8.07. The quantitative estimate of drug-likeness (QED) is 0.512. The van der Waals surface area contributed by atoms with Crippen molar-refractivity contribution < 1.29 is 14.6 Å². The highest BCUT2D eigenvalue weighted by molar-refractivity contribution is 7.38. The molecule has 0 aromatic heterocycles. The van der Waals surface area contributed by atoms with Crippen LogP contribution in [-0.4, -0.2) is 22.3 Å². The van der Waals surface area contributed by atoms with E-state index in [4.69, 9.17) is 10.00 Å². The van der Waals surface area contributed by atoms with Gasteiger partial charge in [-0.05, 0) is 11.5 Å². The van der Waals surface area contributed by atoms with Crippen LogP contribution in [0.5, 0.6) is 0 Å². The first-order valence-electron chi connectivity index (χ1n) is 1.94. The first-order chi connectivity index (χ1) is 3.13. The van der Waals surface area contributed by atoms with Crippen LogP contribution >= 0.6 is 8.03 Å². The zero-order valence-corrected chi connectivity index (χ0v) is 4.93. The molecule has 0 heterocycles. The number of hydrogen-bond acceptors (Lipinski definition) is 2. The van der Waals surface area contributed by atoms with E-state index in [-0.39, 0.29) is 6.16 Å². The van der Waals surface area contributed by atoms with Crippen LogP contribution in [0.3, 0.4) is 0 Å². The highest BCUT2D eigenvalue weighted by atomic mass is 31.1.